The van der Waals surface area contributed by atoms with Crippen molar-refractivity contribution < 1.29 is 9.53 Å². The van der Waals surface area contributed by atoms with Crippen molar-refractivity contribution in [2.45, 2.75) is 12.8 Å². The molecular weight excluding hydrogens is 364 g/mol. The Balaban J connectivity index is 1.73. The van der Waals surface area contributed by atoms with Crippen molar-refractivity contribution in [2.24, 2.45) is 5.92 Å². The van der Waals surface area contributed by atoms with Crippen molar-refractivity contribution in [3.8, 4) is 17.0 Å². The van der Waals surface area contributed by atoms with E-state index in [0.717, 1.165) is 22.0 Å². The normalized spacial score (nSPS) is 13.6. The van der Waals surface area contributed by atoms with E-state index < -0.39 is 0 Å². The summed E-state index contributed by atoms with van der Waals surface area (Å²) in [5.74, 6) is 1.08. The van der Waals surface area contributed by atoms with E-state index in [-0.39, 0.29) is 11.9 Å². The van der Waals surface area contributed by atoms with Crippen LogP contribution in [0.4, 0.5) is 5.95 Å². The van der Waals surface area contributed by atoms with Crippen LogP contribution in [0.2, 0.25) is 5.02 Å². The number of anilines is 1. The van der Waals surface area contributed by atoms with E-state index in [2.05, 4.69) is 15.3 Å². The lowest BCUT2D eigenvalue weighted by atomic mass is 10.0. The van der Waals surface area contributed by atoms with Crippen LogP contribution in [0.15, 0.2) is 36.4 Å². The summed E-state index contributed by atoms with van der Waals surface area (Å²) >= 11 is 6.29. The molecule has 2 aromatic carbocycles. The molecule has 0 saturated heterocycles. The van der Waals surface area contributed by atoms with Gasteiger partial charge in [-0.1, -0.05) is 23.7 Å². The number of amides is 1. The Labute approximate surface area is 161 Å². The molecule has 138 valence electrons. The van der Waals surface area contributed by atoms with Gasteiger partial charge in [0.15, 0.2) is 0 Å². The number of aromatic nitrogens is 2. The number of carbonyl (C=O) groups is 1. The highest BCUT2D eigenvalue weighted by atomic mass is 35.5. The molecule has 1 amide bonds. The van der Waals surface area contributed by atoms with Crippen molar-refractivity contribution in [3.63, 3.8) is 0 Å². The predicted molar refractivity (Wildman–Crippen MR) is 106 cm³/mol. The van der Waals surface area contributed by atoms with E-state index in [1.807, 2.05) is 24.3 Å². The minimum atomic E-state index is -0.218. The standard InChI is InChI=1S/C20H19ClN4O2/c1-23-18(26)14-6-4-13(9-16(14)21)12-5-7-17-15(8-12)19(25-20(22)24-17)27-10-11-2-3-11/h4-9,11H,2-3,10H2,1H3,(H,23,26)(H2,22,24,25). The van der Waals surface area contributed by atoms with Gasteiger partial charge in [-0.3, -0.25) is 4.79 Å². The minimum absolute atomic E-state index is 0.194. The second-order valence-electron chi connectivity index (χ2n) is 6.65. The van der Waals surface area contributed by atoms with Crippen LogP contribution in [-0.4, -0.2) is 29.5 Å². The van der Waals surface area contributed by atoms with Crippen LogP contribution in [0.1, 0.15) is 23.2 Å². The largest absolute Gasteiger partial charge is 0.477 e. The Bertz CT molecular complexity index is 1030. The smallest absolute Gasteiger partial charge is 0.252 e. The summed E-state index contributed by atoms with van der Waals surface area (Å²) < 4.78 is 5.89. The van der Waals surface area contributed by atoms with Crippen LogP contribution in [0.3, 0.4) is 0 Å². The minimum Gasteiger partial charge on any atom is -0.477 e. The van der Waals surface area contributed by atoms with Crippen LogP contribution in [0.25, 0.3) is 22.0 Å². The quantitative estimate of drug-likeness (QED) is 0.702. The highest BCUT2D eigenvalue weighted by Crippen LogP contribution is 2.33. The summed E-state index contributed by atoms with van der Waals surface area (Å²) in [5, 5.41) is 3.77. The summed E-state index contributed by atoms with van der Waals surface area (Å²) in [6, 6.07) is 11.1. The Morgan fingerprint density at radius 2 is 1.96 bits per heavy atom. The summed E-state index contributed by atoms with van der Waals surface area (Å²) in [4.78, 5) is 20.4. The highest BCUT2D eigenvalue weighted by Gasteiger charge is 2.23. The highest BCUT2D eigenvalue weighted by molar-refractivity contribution is 6.34. The molecule has 1 aliphatic carbocycles. The van der Waals surface area contributed by atoms with Crippen molar-refractivity contribution in [2.75, 3.05) is 19.4 Å². The molecule has 27 heavy (non-hydrogen) atoms. The number of hydrogen-bond donors (Lipinski definition) is 2. The number of nitrogens with zero attached hydrogens (tertiary/aromatic N) is 2. The average molecular weight is 383 g/mol. The molecule has 3 aromatic rings. The second kappa shape index (κ2) is 7.04. The van der Waals surface area contributed by atoms with Gasteiger partial charge < -0.3 is 15.8 Å². The molecule has 1 fully saturated rings. The van der Waals surface area contributed by atoms with Crippen molar-refractivity contribution >= 4 is 34.4 Å². The number of nitrogens with one attached hydrogen (secondary N) is 1. The fraction of sp³-hybridized carbons (Fsp3) is 0.250. The van der Waals surface area contributed by atoms with Gasteiger partial charge in [0.2, 0.25) is 11.8 Å². The predicted octanol–water partition coefficient (Wildman–Crippen LogP) is 3.68. The van der Waals surface area contributed by atoms with Crippen molar-refractivity contribution in [3.05, 3.63) is 47.0 Å². The van der Waals surface area contributed by atoms with E-state index >= 15 is 0 Å². The first-order valence-electron chi connectivity index (χ1n) is 8.77. The van der Waals surface area contributed by atoms with Crippen LogP contribution >= 0.6 is 11.6 Å². The molecule has 4 rings (SSSR count). The number of rotatable bonds is 5. The van der Waals surface area contributed by atoms with Gasteiger partial charge >= 0.3 is 0 Å². The van der Waals surface area contributed by atoms with E-state index in [4.69, 9.17) is 22.1 Å². The maximum Gasteiger partial charge on any atom is 0.252 e. The Morgan fingerprint density at radius 3 is 2.67 bits per heavy atom. The Morgan fingerprint density at radius 1 is 1.22 bits per heavy atom. The molecule has 0 aliphatic heterocycles. The zero-order valence-corrected chi connectivity index (χ0v) is 15.6. The molecule has 1 heterocycles. The van der Waals surface area contributed by atoms with Crippen LogP contribution in [-0.2, 0) is 0 Å². The number of benzene rings is 2. The van der Waals surface area contributed by atoms with E-state index in [1.54, 1.807) is 19.2 Å². The lowest BCUT2D eigenvalue weighted by molar-refractivity contribution is 0.0963. The van der Waals surface area contributed by atoms with E-state index in [1.165, 1.54) is 12.8 Å². The molecule has 3 N–H and O–H groups in total. The van der Waals surface area contributed by atoms with Crippen LogP contribution < -0.4 is 15.8 Å². The van der Waals surface area contributed by atoms with Crippen molar-refractivity contribution in [1.82, 2.24) is 15.3 Å². The lowest BCUT2D eigenvalue weighted by Crippen LogP contribution is -2.18. The summed E-state index contributed by atoms with van der Waals surface area (Å²) in [5.41, 5.74) is 8.80. The molecule has 0 atom stereocenters. The third kappa shape index (κ3) is 3.66. The number of nitrogens with two attached hydrogens (primary N) is 1. The monoisotopic (exact) mass is 382 g/mol. The number of nitrogen functional groups attached to an aromatic ring is 1. The second-order valence-corrected chi connectivity index (χ2v) is 7.05. The third-order valence-electron chi connectivity index (χ3n) is 4.60. The first kappa shape index (κ1) is 17.5. The summed E-state index contributed by atoms with van der Waals surface area (Å²) in [6.07, 6.45) is 2.39. The maximum absolute atomic E-state index is 11.8. The fourth-order valence-corrected chi connectivity index (χ4v) is 3.17. The maximum atomic E-state index is 11.8. The average Bonchev–Trinajstić information content (AvgIpc) is 3.49. The number of ether oxygens (including phenoxy) is 1. The third-order valence-corrected chi connectivity index (χ3v) is 4.92. The first-order valence-corrected chi connectivity index (χ1v) is 9.15. The molecule has 1 aromatic heterocycles. The fourth-order valence-electron chi connectivity index (χ4n) is 2.90. The molecule has 0 spiro atoms. The molecule has 6 nitrogen and oxygen atoms in total. The van der Waals surface area contributed by atoms with Gasteiger partial charge in [0, 0.05) is 7.05 Å². The van der Waals surface area contributed by atoms with Crippen LogP contribution in [0, 0.1) is 5.92 Å². The van der Waals surface area contributed by atoms with Gasteiger partial charge in [0.05, 0.1) is 28.1 Å². The zero-order chi connectivity index (χ0) is 19.0. The van der Waals surface area contributed by atoms with Crippen LogP contribution in [0.5, 0.6) is 5.88 Å². The number of hydrogen-bond acceptors (Lipinski definition) is 5. The number of carbonyl (C=O) groups excluding carboxylic acids is 1. The van der Waals surface area contributed by atoms with Gasteiger partial charge in [0.25, 0.3) is 5.91 Å². The van der Waals surface area contributed by atoms with Crippen molar-refractivity contribution in [1.29, 1.82) is 0 Å². The number of halogens is 1. The van der Waals surface area contributed by atoms with Gasteiger partial charge in [-0.25, -0.2) is 4.98 Å². The SMILES string of the molecule is CNC(=O)c1ccc(-c2ccc3nc(N)nc(OCC4CC4)c3c2)cc1Cl. The van der Waals surface area contributed by atoms with E-state index in [0.29, 0.717) is 29.0 Å². The van der Waals surface area contributed by atoms with Gasteiger partial charge in [-0.05, 0) is 54.2 Å². The lowest BCUT2D eigenvalue weighted by Gasteiger charge is -2.11. The summed E-state index contributed by atoms with van der Waals surface area (Å²) in [6.45, 7) is 0.641. The molecule has 0 radical (unpaired) electrons. The summed E-state index contributed by atoms with van der Waals surface area (Å²) in [7, 11) is 1.57. The molecule has 7 heteroatoms. The molecule has 1 saturated carbocycles. The molecule has 1 aliphatic rings. The number of fused-ring (bicyclic) bond motifs is 1. The molecular formula is C20H19ClN4O2. The molecule has 0 unspecified atom stereocenters. The zero-order valence-electron chi connectivity index (χ0n) is 14.8. The topological polar surface area (TPSA) is 90.1 Å². The Kier molecular flexibility index (Phi) is 4.58. The Hall–Kier alpha value is -2.86. The van der Waals surface area contributed by atoms with Gasteiger partial charge in [0.1, 0.15) is 0 Å². The molecule has 0 bridgehead atoms. The van der Waals surface area contributed by atoms with Gasteiger partial charge in [-0.15, -0.1) is 0 Å². The van der Waals surface area contributed by atoms with E-state index in [9.17, 15) is 4.79 Å². The first-order chi connectivity index (χ1) is 13.0. The van der Waals surface area contributed by atoms with Gasteiger partial charge in [-0.2, -0.15) is 4.98 Å².